The maximum atomic E-state index is 12.9. The van der Waals surface area contributed by atoms with E-state index in [0.717, 1.165) is 12.1 Å². The number of rotatable bonds is 1. The zero-order valence-corrected chi connectivity index (χ0v) is 8.95. The highest BCUT2D eigenvalue weighted by Gasteiger charge is 2.28. The fraction of sp³-hybridized carbons (Fsp3) is 0.455. The second-order valence-electron chi connectivity index (χ2n) is 2.89. The topological polar surface area (TPSA) is 0 Å². The van der Waals surface area contributed by atoms with E-state index in [4.69, 9.17) is 0 Å². The van der Waals surface area contributed by atoms with Crippen molar-refractivity contribution in [2.24, 2.45) is 0 Å². The molecule has 4 heteroatoms. The first-order valence-electron chi connectivity index (χ1n) is 4.70. The minimum Gasteiger partial charge on any atom is -0.207 e. The molecule has 86 valence electrons. The van der Waals surface area contributed by atoms with Gasteiger partial charge >= 0.3 is 6.18 Å². The van der Waals surface area contributed by atoms with Crippen molar-refractivity contribution in [1.82, 2.24) is 0 Å². The van der Waals surface area contributed by atoms with Crippen LogP contribution >= 0.6 is 0 Å². The summed E-state index contributed by atoms with van der Waals surface area (Å²) < 4.78 is 48.4. The highest BCUT2D eigenvalue weighted by Crippen LogP contribution is 2.23. The van der Waals surface area contributed by atoms with Crippen LogP contribution in [0.2, 0.25) is 0 Å². The van der Waals surface area contributed by atoms with Crippen molar-refractivity contribution in [3.8, 4) is 0 Å². The normalized spacial score (nSPS) is 10.6. The highest BCUT2D eigenvalue weighted by molar-refractivity contribution is 5.23. The minimum absolute atomic E-state index is 0.307. The molecule has 0 saturated heterocycles. The van der Waals surface area contributed by atoms with E-state index in [9.17, 15) is 17.6 Å². The molecule has 0 atom stereocenters. The Bertz CT molecular complexity index is 302. The summed E-state index contributed by atoms with van der Waals surface area (Å²) >= 11 is 0. The Hall–Kier alpha value is -1.06. The zero-order chi connectivity index (χ0) is 12.1. The van der Waals surface area contributed by atoms with E-state index in [-0.39, 0.29) is 5.56 Å². The van der Waals surface area contributed by atoms with Gasteiger partial charge in [0.25, 0.3) is 0 Å². The van der Waals surface area contributed by atoms with Crippen molar-refractivity contribution in [2.45, 2.75) is 33.4 Å². The molecule has 1 rings (SSSR count). The van der Waals surface area contributed by atoms with Gasteiger partial charge < -0.3 is 0 Å². The molecule has 0 saturated carbocycles. The van der Waals surface area contributed by atoms with E-state index < -0.39 is 18.4 Å². The monoisotopic (exact) mass is 222 g/mol. The minimum atomic E-state index is -4.35. The molecule has 0 aliphatic rings. The van der Waals surface area contributed by atoms with Gasteiger partial charge in [0.1, 0.15) is 5.82 Å². The van der Waals surface area contributed by atoms with E-state index in [1.807, 2.05) is 13.8 Å². The van der Waals surface area contributed by atoms with Crippen molar-refractivity contribution >= 4 is 0 Å². The number of benzene rings is 1. The summed E-state index contributed by atoms with van der Waals surface area (Å²) in [5.41, 5.74) is 0.307. The number of hydrogen-bond donors (Lipinski definition) is 0. The third-order valence-electron chi connectivity index (χ3n) is 1.60. The molecule has 0 nitrogen and oxygen atoms in total. The second kappa shape index (κ2) is 5.73. The van der Waals surface area contributed by atoms with Gasteiger partial charge in [-0.1, -0.05) is 26.0 Å². The third-order valence-corrected chi connectivity index (χ3v) is 1.60. The molecule has 0 fully saturated rings. The van der Waals surface area contributed by atoms with E-state index in [1.165, 1.54) is 6.07 Å². The Kier molecular flexibility index (Phi) is 5.33. The van der Waals surface area contributed by atoms with E-state index in [0.29, 0.717) is 5.56 Å². The lowest BCUT2D eigenvalue weighted by Crippen LogP contribution is -2.12. The third kappa shape index (κ3) is 5.40. The second-order valence-corrected chi connectivity index (χ2v) is 2.89. The van der Waals surface area contributed by atoms with Crippen molar-refractivity contribution in [2.75, 3.05) is 0 Å². The number of alkyl halides is 3. The molecule has 0 radical (unpaired) electrons. The van der Waals surface area contributed by atoms with Gasteiger partial charge in [-0.3, -0.25) is 0 Å². The molecule has 0 aliphatic carbocycles. The molecule has 15 heavy (non-hydrogen) atoms. The Balaban J connectivity index is 0.000000921. The van der Waals surface area contributed by atoms with E-state index in [2.05, 4.69) is 0 Å². The molecular formula is C11H14F4. The van der Waals surface area contributed by atoms with Gasteiger partial charge in [-0.05, 0) is 24.1 Å². The summed E-state index contributed by atoms with van der Waals surface area (Å²) in [6, 6.07) is 3.73. The standard InChI is InChI=1S/C9H8F4.C2H6/c1-6-2-3-7(8(10)4-6)5-9(11,12)13;1-2/h2-4H,5H2,1H3;1-2H3. The Morgan fingerprint density at radius 1 is 1.13 bits per heavy atom. The summed E-state index contributed by atoms with van der Waals surface area (Å²) in [7, 11) is 0. The van der Waals surface area contributed by atoms with Gasteiger partial charge in [-0.15, -0.1) is 0 Å². The lowest BCUT2D eigenvalue weighted by Gasteiger charge is -2.07. The van der Waals surface area contributed by atoms with Gasteiger partial charge in [0.05, 0.1) is 6.42 Å². The van der Waals surface area contributed by atoms with Crippen LogP contribution in [0.25, 0.3) is 0 Å². The van der Waals surface area contributed by atoms with Crippen molar-refractivity contribution in [1.29, 1.82) is 0 Å². The zero-order valence-electron chi connectivity index (χ0n) is 8.95. The first-order valence-corrected chi connectivity index (χ1v) is 4.70. The summed E-state index contributed by atoms with van der Waals surface area (Å²) in [6.07, 6.45) is -5.56. The van der Waals surface area contributed by atoms with Crippen molar-refractivity contribution in [3.63, 3.8) is 0 Å². The molecule has 0 spiro atoms. The first kappa shape index (κ1) is 13.9. The summed E-state index contributed by atoms with van der Waals surface area (Å²) in [5.74, 6) is -0.794. The van der Waals surface area contributed by atoms with E-state index >= 15 is 0 Å². The smallest absolute Gasteiger partial charge is 0.207 e. The fourth-order valence-corrected chi connectivity index (χ4v) is 1.01. The summed E-state index contributed by atoms with van der Waals surface area (Å²) in [6.45, 7) is 5.63. The molecule has 0 bridgehead atoms. The van der Waals surface area contributed by atoms with Crippen LogP contribution in [-0.2, 0) is 6.42 Å². The quantitative estimate of drug-likeness (QED) is 0.622. The number of halogens is 4. The lowest BCUT2D eigenvalue weighted by atomic mass is 10.1. The summed E-state index contributed by atoms with van der Waals surface area (Å²) in [5, 5.41) is 0. The molecule has 0 heterocycles. The van der Waals surface area contributed by atoms with Crippen LogP contribution in [0.15, 0.2) is 18.2 Å². The molecule has 1 aromatic carbocycles. The molecule has 0 aromatic heterocycles. The Morgan fingerprint density at radius 3 is 2.07 bits per heavy atom. The Labute approximate surface area is 86.9 Å². The average molecular weight is 222 g/mol. The highest BCUT2D eigenvalue weighted by atomic mass is 19.4. The molecular weight excluding hydrogens is 208 g/mol. The van der Waals surface area contributed by atoms with Crippen LogP contribution in [0.3, 0.4) is 0 Å². The predicted octanol–water partition coefficient (Wildman–Crippen LogP) is 4.27. The SMILES string of the molecule is CC.Cc1ccc(CC(F)(F)F)c(F)c1. The largest absolute Gasteiger partial charge is 0.393 e. The fourth-order valence-electron chi connectivity index (χ4n) is 1.01. The van der Waals surface area contributed by atoms with Gasteiger partial charge in [0, 0.05) is 0 Å². The van der Waals surface area contributed by atoms with Crippen LogP contribution in [0.5, 0.6) is 0 Å². The van der Waals surface area contributed by atoms with Crippen LogP contribution in [0.1, 0.15) is 25.0 Å². The van der Waals surface area contributed by atoms with E-state index in [1.54, 1.807) is 6.92 Å². The van der Waals surface area contributed by atoms with Crippen LogP contribution in [-0.4, -0.2) is 6.18 Å². The van der Waals surface area contributed by atoms with Crippen LogP contribution in [0.4, 0.5) is 17.6 Å². The molecule has 0 N–H and O–H groups in total. The van der Waals surface area contributed by atoms with Crippen molar-refractivity contribution < 1.29 is 17.6 Å². The van der Waals surface area contributed by atoms with Gasteiger partial charge in [-0.25, -0.2) is 4.39 Å². The number of hydrogen-bond acceptors (Lipinski definition) is 0. The maximum Gasteiger partial charge on any atom is 0.393 e. The summed E-state index contributed by atoms with van der Waals surface area (Å²) in [4.78, 5) is 0. The predicted molar refractivity (Wildman–Crippen MR) is 52.2 cm³/mol. The molecule has 0 amide bonds. The van der Waals surface area contributed by atoms with Gasteiger partial charge in [0.15, 0.2) is 0 Å². The lowest BCUT2D eigenvalue weighted by molar-refractivity contribution is -0.127. The Morgan fingerprint density at radius 2 is 1.67 bits per heavy atom. The number of aryl methyl sites for hydroxylation is 1. The van der Waals surface area contributed by atoms with Crippen LogP contribution < -0.4 is 0 Å². The first-order chi connectivity index (χ1) is 6.88. The van der Waals surface area contributed by atoms with Gasteiger partial charge in [0.2, 0.25) is 0 Å². The molecule has 0 unspecified atom stereocenters. The average Bonchev–Trinajstić information content (AvgIpc) is 2.12. The van der Waals surface area contributed by atoms with Crippen molar-refractivity contribution in [3.05, 3.63) is 35.1 Å². The van der Waals surface area contributed by atoms with Gasteiger partial charge in [-0.2, -0.15) is 13.2 Å². The maximum absolute atomic E-state index is 12.9. The molecule has 1 aromatic rings. The molecule has 0 aliphatic heterocycles. The van der Waals surface area contributed by atoms with Crippen LogP contribution in [0, 0.1) is 12.7 Å².